The zero-order valence-electron chi connectivity index (χ0n) is 11.3. The smallest absolute Gasteiger partial charge is 0.0674 e. The van der Waals surface area contributed by atoms with Gasteiger partial charge >= 0.3 is 0 Å². The highest BCUT2D eigenvalue weighted by Gasteiger charge is 2.18. The first-order valence-corrected chi connectivity index (χ1v) is 8.68. The maximum atomic E-state index is 3.61. The van der Waals surface area contributed by atoms with Gasteiger partial charge in [0.15, 0.2) is 0 Å². The van der Waals surface area contributed by atoms with E-state index in [2.05, 4.69) is 82.2 Å². The summed E-state index contributed by atoms with van der Waals surface area (Å²) in [6.45, 7) is 7.42. The second-order valence-electron chi connectivity index (χ2n) is 4.54. The normalized spacial score (nSPS) is 12.7. The van der Waals surface area contributed by atoms with E-state index in [0.717, 1.165) is 11.0 Å². The summed E-state index contributed by atoms with van der Waals surface area (Å²) >= 11 is 8.99. The average Bonchev–Trinajstić information content (AvgIpc) is 2.67. The van der Waals surface area contributed by atoms with Crippen molar-refractivity contribution in [3.8, 4) is 0 Å². The Morgan fingerprint density at radius 1 is 1.21 bits per heavy atom. The zero-order chi connectivity index (χ0) is 14.0. The lowest BCUT2D eigenvalue weighted by Crippen LogP contribution is -2.21. The Morgan fingerprint density at radius 3 is 2.47 bits per heavy atom. The predicted molar refractivity (Wildman–Crippen MR) is 91.2 cm³/mol. The highest BCUT2D eigenvalue weighted by atomic mass is 79.9. The molecule has 0 aliphatic heterocycles. The third-order valence-electron chi connectivity index (χ3n) is 3.11. The van der Waals surface area contributed by atoms with Crippen LogP contribution in [0.5, 0.6) is 0 Å². The van der Waals surface area contributed by atoms with Gasteiger partial charge in [0.25, 0.3) is 0 Å². The zero-order valence-corrected chi connectivity index (χ0v) is 15.2. The van der Waals surface area contributed by atoms with Gasteiger partial charge in [-0.1, -0.05) is 28.9 Å². The molecule has 1 heterocycles. The second-order valence-corrected chi connectivity index (χ2v) is 7.60. The summed E-state index contributed by atoms with van der Waals surface area (Å²) < 4.78 is 2.33. The minimum atomic E-state index is 0.271. The van der Waals surface area contributed by atoms with Crippen molar-refractivity contribution in [3.63, 3.8) is 0 Å². The maximum absolute atomic E-state index is 3.61. The van der Waals surface area contributed by atoms with E-state index in [1.54, 1.807) is 0 Å². The summed E-state index contributed by atoms with van der Waals surface area (Å²) in [7, 11) is 0. The van der Waals surface area contributed by atoms with Crippen molar-refractivity contribution in [1.29, 1.82) is 0 Å². The molecule has 2 aromatic rings. The average molecular weight is 403 g/mol. The molecule has 1 unspecified atom stereocenters. The number of hydrogen-bond donors (Lipinski definition) is 1. The maximum Gasteiger partial charge on any atom is 0.0674 e. The fraction of sp³-hybridized carbons (Fsp3) is 0.333. The van der Waals surface area contributed by atoms with Crippen molar-refractivity contribution < 1.29 is 0 Å². The van der Waals surface area contributed by atoms with Gasteiger partial charge in [0.2, 0.25) is 0 Å². The molecule has 4 heteroatoms. The molecule has 1 aromatic carbocycles. The van der Waals surface area contributed by atoms with E-state index >= 15 is 0 Å². The van der Waals surface area contributed by atoms with Gasteiger partial charge in [-0.15, -0.1) is 11.3 Å². The first-order valence-electron chi connectivity index (χ1n) is 6.28. The number of thiophene rings is 1. The van der Waals surface area contributed by atoms with Crippen LogP contribution in [0.1, 0.15) is 33.8 Å². The fourth-order valence-corrected chi connectivity index (χ4v) is 4.29. The van der Waals surface area contributed by atoms with Gasteiger partial charge in [0.1, 0.15) is 0 Å². The van der Waals surface area contributed by atoms with Crippen molar-refractivity contribution in [3.05, 3.63) is 54.1 Å². The molecule has 0 aliphatic carbocycles. The van der Waals surface area contributed by atoms with Gasteiger partial charge in [-0.25, -0.2) is 0 Å². The van der Waals surface area contributed by atoms with Gasteiger partial charge < -0.3 is 5.32 Å². The second kappa shape index (κ2) is 6.53. The Hall–Kier alpha value is -0.160. The molecule has 0 amide bonds. The van der Waals surface area contributed by atoms with Crippen molar-refractivity contribution in [2.75, 3.05) is 6.54 Å². The largest absolute Gasteiger partial charge is 0.306 e. The van der Waals surface area contributed by atoms with Crippen LogP contribution in [0.2, 0.25) is 0 Å². The molecule has 0 bridgehead atoms. The molecule has 0 spiro atoms. The van der Waals surface area contributed by atoms with Crippen LogP contribution in [0.3, 0.4) is 0 Å². The Balaban J connectivity index is 2.44. The summed E-state index contributed by atoms with van der Waals surface area (Å²) in [5.74, 6) is 0. The van der Waals surface area contributed by atoms with Crippen LogP contribution in [-0.2, 0) is 0 Å². The van der Waals surface area contributed by atoms with E-state index in [0.29, 0.717) is 0 Å². The molecule has 0 saturated carbocycles. The molecule has 1 aromatic heterocycles. The Bertz CT molecular complexity index is 558. The van der Waals surface area contributed by atoms with Crippen molar-refractivity contribution >= 4 is 43.2 Å². The quantitative estimate of drug-likeness (QED) is 0.702. The Labute approximate surface area is 135 Å². The van der Waals surface area contributed by atoms with Crippen LogP contribution in [0.15, 0.2) is 33.2 Å². The molecular formula is C15H17Br2NS. The molecule has 19 heavy (non-hydrogen) atoms. The number of hydrogen-bond acceptors (Lipinski definition) is 2. The third-order valence-corrected chi connectivity index (χ3v) is 5.81. The molecule has 1 atom stereocenters. The van der Waals surface area contributed by atoms with E-state index < -0.39 is 0 Å². The standard InChI is InChI=1S/C15H17Br2NS/c1-4-18-15(14-8-13(17)10(3)19-14)12-6-5-11(16)7-9(12)2/h5-8,15,18H,4H2,1-3H3. The molecule has 1 N–H and O–H groups in total. The van der Waals surface area contributed by atoms with Crippen molar-refractivity contribution in [2.24, 2.45) is 0 Å². The highest BCUT2D eigenvalue weighted by molar-refractivity contribution is 9.10. The van der Waals surface area contributed by atoms with E-state index in [9.17, 15) is 0 Å². The van der Waals surface area contributed by atoms with Crippen molar-refractivity contribution in [2.45, 2.75) is 26.8 Å². The van der Waals surface area contributed by atoms with E-state index in [-0.39, 0.29) is 6.04 Å². The number of aryl methyl sites for hydroxylation is 2. The van der Waals surface area contributed by atoms with Crippen molar-refractivity contribution in [1.82, 2.24) is 5.32 Å². The number of nitrogens with one attached hydrogen (secondary N) is 1. The lowest BCUT2D eigenvalue weighted by Gasteiger charge is -2.19. The predicted octanol–water partition coefficient (Wildman–Crippen LogP) is 5.59. The summed E-state index contributed by atoms with van der Waals surface area (Å²) in [5.41, 5.74) is 2.65. The van der Waals surface area contributed by atoms with Crippen LogP contribution < -0.4 is 5.32 Å². The van der Waals surface area contributed by atoms with Gasteiger partial charge in [-0.3, -0.25) is 0 Å². The van der Waals surface area contributed by atoms with E-state index in [1.165, 1.54) is 25.4 Å². The van der Waals surface area contributed by atoms with Crippen LogP contribution >= 0.6 is 43.2 Å². The summed E-state index contributed by atoms with van der Waals surface area (Å²) in [5, 5.41) is 3.59. The Kier molecular flexibility index (Phi) is 5.23. The van der Waals surface area contributed by atoms with E-state index in [1.807, 2.05) is 11.3 Å². The minimum Gasteiger partial charge on any atom is -0.306 e. The monoisotopic (exact) mass is 401 g/mol. The molecule has 1 nitrogen and oxygen atoms in total. The van der Waals surface area contributed by atoms with Gasteiger partial charge in [0.05, 0.1) is 6.04 Å². The fourth-order valence-electron chi connectivity index (χ4n) is 2.15. The van der Waals surface area contributed by atoms with Gasteiger partial charge in [-0.2, -0.15) is 0 Å². The van der Waals surface area contributed by atoms with Crippen LogP contribution in [0, 0.1) is 13.8 Å². The molecule has 0 saturated heterocycles. The van der Waals surface area contributed by atoms with Gasteiger partial charge in [-0.05, 0) is 65.6 Å². The lowest BCUT2D eigenvalue weighted by atomic mass is 10.00. The van der Waals surface area contributed by atoms with Crippen LogP contribution in [0.25, 0.3) is 0 Å². The summed E-state index contributed by atoms with van der Waals surface area (Å²) in [4.78, 5) is 2.68. The first-order chi connectivity index (χ1) is 9.02. The van der Waals surface area contributed by atoms with Crippen LogP contribution in [0.4, 0.5) is 0 Å². The third kappa shape index (κ3) is 3.48. The molecule has 0 aliphatic rings. The molecule has 0 fully saturated rings. The highest BCUT2D eigenvalue weighted by Crippen LogP contribution is 2.35. The topological polar surface area (TPSA) is 12.0 Å². The summed E-state index contributed by atoms with van der Waals surface area (Å²) in [6, 6.07) is 9.00. The summed E-state index contributed by atoms with van der Waals surface area (Å²) in [6.07, 6.45) is 0. The molecule has 0 radical (unpaired) electrons. The van der Waals surface area contributed by atoms with Gasteiger partial charge in [0, 0.05) is 18.7 Å². The Morgan fingerprint density at radius 2 is 1.95 bits per heavy atom. The number of benzene rings is 1. The molecule has 2 rings (SSSR count). The first kappa shape index (κ1) is 15.2. The SMILES string of the molecule is CCNC(c1cc(Br)c(C)s1)c1ccc(Br)cc1C. The number of halogens is 2. The van der Waals surface area contributed by atoms with Crippen LogP contribution in [-0.4, -0.2) is 6.54 Å². The van der Waals surface area contributed by atoms with E-state index in [4.69, 9.17) is 0 Å². The molecular weight excluding hydrogens is 386 g/mol. The minimum absolute atomic E-state index is 0.271. The molecule has 102 valence electrons. The number of rotatable bonds is 4. The lowest BCUT2D eigenvalue weighted by molar-refractivity contribution is 0.636.